The first-order valence-electron chi connectivity index (χ1n) is 9.11. The number of anilines is 1. The second-order valence-corrected chi connectivity index (χ2v) is 6.66. The lowest BCUT2D eigenvalue weighted by molar-refractivity contribution is -0.117. The zero-order valence-electron chi connectivity index (χ0n) is 15.6. The number of rotatable bonds is 6. The third-order valence-corrected chi connectivity index (χ3v) is 4.64. The van der Waals surface area contributed by atoms with Gasteiger partial charge in [-0.3, -0.25) is 14.6 Å². The summed E-state index contributed by atoms with van der Waals surface area (Å²) < 4.78 is 4.78. The van der Waals surface area contributed by atoms with Crippen LogP contribution >= 0.6 is 0 Å². The van der Waals surface area contributed by atoms with E-state index >= 15 is 0 Å². The van der Waals surface area contributed by atoms with Crippen LogP contribution in [0, 0.1) is 0 Å². The van der Waals surface area contributed by atoms with Crippen molar-refractivity contribution in [1.29, 1.82) is 0 Å². The van der Waals surface area contributed by atoms with Crippen LogP contribution in [0.3, 0.4) is 0 Å². The summed E-state index contributed by atoms with van der Waals surface area (Å²) in [6.45, 7) is 4.66. The van der Waals surface area contributed by atoms with E-state index < -0.39 is 0 Å². The number of hydrogen-bond acceptors (Lipinski definition) is 5. The van der Waals surface area contributed by atoms with E-state index in [0.717, 1.165) is 44.0 Å². The number of carbonyl (C=O) groups is 2. The molecule has 6 nitrogen and oxygen atoms in total. The van der Waals surface area contributed by atoms with Crippen LogP contribution in [0.5, 0.6) is 0 Å². The Morgan fingerprint density at radius 3 is 2.37 bits per heavy atom. The topological polar surface area (TPSA) is 61.9 Å². The molecule has 1 N–H and O–H groups in total. The van der Waals surface area contributed by atoms with Crippen LogP contribution in [0.1, 0.15) is 15.9 Å². The summed E-state index contributed by atoms with van der Waals surface area (Å²) in [5.74, 6) is -0.300. The van der Waals surface area contributed by atoms with Gasteiger partial charge in [0.2, 0.25) is 5.91 Å². The zero-order chi connectivity index (χ0) is 19.1. The number of piperazine rings is 1. The highest BCUT2D eigenvalue weighted by molar-refractivity contribution is 5.92. The number of nitrogens with zero attached hydrogens (tertiary/aromatic N) is 2. The quantitative estimate of drug-likeness (QED) is 0.794. The van der Waals surface area contributed by atoms with Crippen LogP contribution in [0.25, 0.3) is 0 Å². The number of ether oxygens (including phenoxy) is 1. The van der Waals surface area contributed by atoms with Crippen molar-refractivity contribution >= 4 is 17.6 Å². The van der Waals surface area contributed by atoms with Crippen LogP contribution < -0.4 is 5.32 Å². The van der Waals surface area contributed by atoms with Gasteiger partial charge in [-0.25, -0.2) is 4.79 Å². The van der Waals surface area contributed by atoms with Crippen molar-refractivity contribution in [3.63, 3.8) is 0 Å². The third kappa shape index (κ3) is 5.64. The van der Waals surface area contributed by atoms with Gasteiger partial charge in [0.1, 0.15) is 0 Å². The number of hydrogen-bond donors (Lipinski definition) is 1. The number of amides is 1. The Bertz CT molecular complexity index is 771. The van der Waals surface area contributed by atoms with Gasteiger partial charge in [0.05, 0.1) is 19.2 Å². The third-order valence-electron chi connectivity index (χ3n) is 4.64. The minimum absolute atomic E-state index is 0.0143. The molecule has 1 amide bonds. The van der Waals surface area contributed by atoms with Gasteiger partial charge < -0.3 is 10.1 Å². The van der Waals surface area contributed by atoms with Crippen molar-refractivity contribution < 1.29 is 14.3 Å². The molecular weight excluding hydrogens is 342 g/mol. The van der Waals surface area contributed by atoms with Crippen molar-refractivity contribution in [2.75, 3.05) is 45.2 Å². The summed E-state index contributed by atoms with van der Waals surface area (Å²) in [5, 5.41) is 2.92. The molecule has 0 atom stereocenters. The van der Waals surface area contributed by atoms with Gasteiger partial charge in [0.25, 0.3) is 0 Å². The maximum absolute atomic E-state index is 12.2. The SMILES string of the molecule is COC(=O)c1cccc(CN2CCN(CC(=O)Nc3ccccc3)CC2)c1. The van der Waals surface area contributed by atoms with Crippen molar-refractivity contribution in [3.05, 3.63) is 65.7 Å². The van der Waals surface area contributed by atoms with E-state index in [9.17, 15) is 9.59 Å². The average Bonchev–Trinajstić information content (AvgIpc) is 2.70. The molecule has 27 heavy (non-hydrogen) atoms. The van der Waals surface area contributed by atoms with Crippen molar-refractivity contribution in [2.45, 2.75) is 6.54 Å². The summed E-state index contributed by atoms with van der Waals surface area (Å²) in [6, 6.07) is 17.1. The Morgan fingerprint density at radius 1 is 0.963 bits per heavy atom. The maximum atomic E-state index is 12.2. The number of carbonyl (C=O) groups excluding carboxylic acids is 2. The minimum atomic E-state index is -0.314. The van der Waals surface area contributed by atoms with Crippen molar-refractivity contribution in [1.82, 2.24) is 9.80 Å². The predicted molar refractivity (Wildman–Crippen MR) is 105 cm³/mol. The molecule has 0 unspecified atom stereocenters. The Hall–Kier alpha value is -2.70. The highest BCUT2D eigenvalue weighted by Crippen LogP contribution is 2.12. The molecule has 1 heterocycles. The second kappa shape index (κ2) is 9.30. The molecular formula is C21H25N3O3. The van der Waals surface area contributed by atoms with Crippen molar-refractivity contribution in [2.24, 2.45) is 0 Å². The van der Waals surface area contributed by atoms with E-state index in [4.69, 9.17) is 4.74 Å². The minimum Gasteiger partial charge on any atom is -0.465 e. The Morgan fingerprint density at radius 2 is 1.67 bits per heavy atom. The van der Waals surface area contributed by atoms with Gasteiger partial charge in [0, 0.05) is 38.4 Å². The van der Waals surface area contributed by atoms with Gasteiger partial charge in [0.15, 0.2) is 0 Å². The number of methoxy groups -OCH3 is 1. The number of nitrogens with one attached hydrogen (secondary N) is 1. The fourth-order valence-corrected chi connectivity index (χ4v) is 3.20. The fourth-order valence-electron chi connectivity index (χ4n) is 3.20. The summed E-state index contributed by atoms with van der Waals surface area (Å²) in [7, 11) is 1.39. The summed E-state index contributed by atoms with van der Waals surface area (Å²) in [5.41, 5.74) is 2.49. The van der Waals surface area contributed by atoms with Crippen LogP contribution in [-0.2, 0) is 16.1 Å². The van der Waals surface area contributed by atoms with Crippen LogP contribution in [0.15, 0.2) is 54.6 Å². The van der Waals surface area contributed by atoms with Gasteiger partial charge in [-0.2, -0.15) is 0 Å². The molecule has 1 fully saturated rings. The van der Waals surface area contributed by atoms with Gasteiger partial charge in [-0.15, -0.1) is 0 Å². The largest absolute Gasteiger partial charge is 0.465 e. The summed E-state index contributed by atoms with van der Waals surface area (Å²) >= 11 is 0. The van der Waals surface area contributed by atoms with E-state index in [0.29, 0.717) is 12.1 Å². The van der Waals surface area contributed by atoms with E-state index in [2.05, 4.69) is 15.1 Å². The lowest BCUT2D eigenvalue weighted by Crippen LogP contribution is -2.48. The number of benzene rings is 2. The highest BCUT2D eigenvalue weighted by Gasteiger charge is 2.19. The van der Waals surface area contributed by atoms with Gasteiger partial charge in [-0.05, 0) is 29.8 Å². The summed E-state index contributed by atoms with van der Waals surface area (Å²) in [4.78, 5) is 28.3. The molecule has 0 radical (unpaired) electrons. The molecule has 1 saturated heterocycles. The zero-order valence-corrected chi connectivity index (χ0v) is 15.6. The molecule has 0 aromatic heterocycles. The molecule has 3 rings (SSSR count). The van der Waals surface area contributed by atoms with E-state index in [1.54, 1.807) is 6.07 Å². The molecule has 1 aliphatic rings. The first-order chi connectivity index (χ1) is 13.1. The van der Waals surface area contributed by atoms with Gasteiger partial charge in [-0.1, -0.05) is 30.3 Å². The lowest BCUT2D eigenvalue weighted by Gasteiger charge is -2.34. The van der Waals surface area contributed by atoms with E-state index in [1.165, 1.54) is 7.11 Å². The maximum Gasteiger partial charge on any atom is 0.337 e. The first kappa shape index (κ1) is 19.1. The molecule has 0 bridgehead atoms. The molecule has 2 aromatic rings. The Labute approximate surface area is 159 Å². The Kier molecular flexibility index (Phi) is 6.57. The number of para-hydroxylation sites is 1. The predicted octanol–water partition coefficient (Wildman–Crippen LogP) is 2.23. The number of esters is 1. The highest BCUT2D eigenvalue weighted by atomic mass is 16.5. The molecule has 0 spiro atoms. The molecule has 142 valence electrons. The monoisotopic (exact) mass is 367 g/mol. The van der Waals surface area contributed by atoms with Crippen molar-refractivity contribution in [3.8, 4) is 0 Å². The summed E-state index contributed by atoms with van der Waals surface area (Å²) in [6.07, 6.45) is 0. The molecule has 2 aromatic carbocycles. The molecule has 0 saturated carbocycles. The first-order valence-corrected chi connectivity index (χ1v) is 9.11. The van der Waals surface area contributed by atoms with Crippen LogP contribution in [0.2, 0.25) is 0 Å². The smallest absolute Gasteiger partial charge is 0.337 e. The average molecular weight is 367 g/mol. The molecule has 0 aliphatic carbocycles. The normalized spacial score (nSPS) is 15.3. The van der Waals surface area contributed by atoms with Crippen LogP contribution in [-0.4, -0.2) is 61.5 Å². The molecule has 6 heteroatoms. The Balaban J connectivity index is 1.45. The van der Waals surface area contributed by atoms with Gasteiger partial charge >= 0.3 is 5.97 Å². The standard InChI is InChI=1S/C21H25N3O3/c1-27-21(26)18-7-5-6-17(14-18)15-23-10-12-24(13-11-23)16-20(25)22-19-8-3-2-4-9-19/h2-9,14H,10-13,15-16H2,1H3,(H,22,25). The second-order valence-electron chi connectivity index (χ2n) is 6.66. The van der Waals surface area contributed by atoms with E-state index in [1.807, 2.05) is 48.5 Å². The van der Waals surface area contributed by atoms with Crippen LogP contribution in [0.4, 0.5) is 5.69 Å². The fraction of sp³-hybridized carbons (Fsp3) is 0.333. The lowest BCUT2D eigenvalue weighted by atomic mass is 10.1. The molecule has 1 aliphatic heterocycles. The van der Waals surface area contributed by atoms with E-state index in [-0.39, 0.29) is 11.9 Å².